The van der Waals surface area contributed by atoms with E-state index < -0.39 is 23.4 Å². The molecular weight excluding hydrogens is 334 g/mol. The lowest BCUT2D eigenvalue weighted by Crippen LogP contribution is -2.46. The zero-order chi connectivity index (χ0) is 19.2. The molecule has 1 aliphatic rings. The van der Waals surface area contributed by atoms with E-state index in [1.807, 2.05) is 30.3 Å². The molecule has 7 heteroatoms. The Balaban J connectivity index is 2.41. The van der Waals surface area contributed by atoms with Gasteiger partial charge in [-0.25, -0.2) is 5.43 Å². The molecule has 7 nitrogen and oxygen atoms in total. The molecule has 26 heavy (non-hydrogen) atoms. The van der Waals surface area contributed by atoms with Gasteiger partial charge in [-0.05, 0) is 25.8 Å². The van der Waals surface area contributed by atoms with Gasteiger partial charge in [0, 0.05) is 12.3 Å². The number of carbonyl (C=O) groups is 2. The normalized spacial score (nSPS) is 26.8. The van der Waals surface area contributed by atoms with Gasteiger partial charge in [0.2, 0.25) is 0 Å². The lowest BCUT2D eigenvalue weighted by Gasteiger charge is -2.39. The number of nitriles is 1. The summed E-state index contributed by atoms with van der Waals surface area (Å²) in [5.41, 5.74) is 2.45. The Morgan fingerprint density at radius 2 is 2.12 bits per heavy atom. The first-order valence-corrected chi connectivity index (χ1v) is 8.54. The van der Waals surface area contributed by atoms with Crippen LogP contribution in [0.5, 0.6) is 0 Å². The van der Waals surface area contributed by atoms with Crippen LogP contribution in [0.2, 0.25) is 0 Å². The van der Waals surface area contributed by atoms with E-state index in [1.54, 1.807) is 19.9 Å². The molecule has 0 bridgehead atoms. The monoisotopic (exact) mass is 357 g/mol. The molecule has 0 aliphatic heterocycles. The number of rotatable bonds is 5. The number of amides is 1. The summed E-state index contributed by atoms with van der Waals surface area (Å²) >= 11 is 0. The van der Waals surface area contributed by atoms with Crippen LogP contribution in [-0.4, -0.2) is 34.9 Å². The number of nitrogens with zero attached hydrogens (tertiary/aromatic N) is 2. The van der Waals surface area contributed by atoms with Gasteiger partial charge in [-0.3, -0.25) is 9.59 Å². The summed E-state index contributed by atoms with van der Waals surface area (Å²) in [4.78, 5) is 24.2. The molecule has 0 radical (unpaired) electrons. The van der Waals surface area contributed by atoms with E-state index in [4.69, 9.17) is 10.00 Å². The SMILES string of the molecule is CCOC(=O)[C@H]1/C(=N\NC(=O)CC#N)C[C@](C)(O)C[C@@H]1c1ccccc1. The largest absolute Gasteiger partial charge is 0.465 e. The van der Waals surface area contributed by atoms with Crippen molar-refractivity contribution >= 4 is 17.6 Å². The first-order valence-electron chi connectivity index (χ1n) is 8.54. The van der Waals surface area contributed by atoms with Gasteiger partial charge in [0.1, 0.15) is 12.3 Å². The molecular formula is C19H23N3O4. The highest BCUT2D eigenvalue weighted by atomic mass is 16.5. The summed E-state index contributed by atoms with van der Waals surface area (Å²) in [6.07, 6.45) is 0.164. The second kappa shape index (κ2) is 8.59. The van der Waals surface area contributed by atoms with Crippen LogP contribution < -0.4 is 5.43 Å². The van der Waals surface area contributed by atoms with E-state index in [0.717, 1.165) is 5.56 Å². The Hall–Kier alpha value is -2.72. The van der Waals surface area contributed by atoms with E-state index in [1.165, 1.54) is 0 Å². The number of hydrazone groups is 1. The second-order valence-corrected chi connectivity index (χ2v) is 6.60. The fraction of sp³-hybridized carbons (Fsp3) is 0.474. The van der Waals surface area contributed by atoms with Crippen LogP contribution in [0.4, 0.5) is 0 Å². The first-order chi connectivity index (χ1) is 12.4. The molecule has 1 aromatic rings. The van der Waals surface area contributed by atoms with Crippen molar-refractivity contribution in [2.75, 3.05) is 6.61 Å². The first kappa shape index (κ1) is 19.6. The molecule has 2 N–H and O–H groups in total. The quantitative estimate of drug-likeness (QED) is 0.617. The van der Waals surface area contributed by atoms with Crippen LogP contribution in [0.3, 0.4) is 0 Å². The second-order valence-electron chi connectivity index (χ2n) is 6.60. The van der Waals surface area contributed by atoms with Gasteiger partial charge in [-0.2, -0.15) is 10.4 Å². The molecule has 1 aromatic carbocycles. The van der Waals surface area contributed by atoms with Crippen molar-refractivity contribution in [2.45, 2.75) is 44.6 Å². The minimum absolute atomic E-state index is 0.132. The molecule has 1 amide bonds. The minimum atomic E-state index is -1.08. The van der Waals surface area contributed by atoms with Crippen molar-refractivity contribution in [3.05, 3.63) is 35.9 Å². The molecule has 3 atom stereocenters. The predicted octanol–water partition coefficient (Wildman–Crippen LogP) is 1.88. The minimum Gasteiger partial charge on any atom is -0.465 e. The Morgan fingerprint density at radius 1 is 1.42 bits per heavy atom. The summed E-state index contributed by atoms with van der Waals surface area (Å²) in [6, 6.07) is 11.1. The zero-order valence-electron chi connectivity index (χ0n) is 14.9. The smallest absolute Gasteiger partial charge is 0.315 e. The van der Waals surface area contributed by atoms with Gasteiger partial charge in [-0.1, -0.05) is 30.3 Å². The maximum atomic E-state index is 12.6. The van der Waals surface area contributed by atoms with Crippen LogP contribution >= 0.6 is 0 Å². The molecule has 1 aliphatic carbocycles. The van der Waals surface area contributed by atoms with Gasteiger partial charge >= 0.3 is 5.97 Å². The molecule has 0 spiro atoms. The fourth-order valence-electron chi connectivity index (χ4n) is 3.29. The summed E-state index contributed by atoms with van der Waals surface area (Å²) in [5.74, 6) is -2.04. The highest BCUT2D eigenvalue weighted by Crippen LogP contribution is 2.41. The van der Waals surface area contributed by atoms with Crippen LogP contribution in [0.1, 0.15) is 44.6 Å². The highest BCUT2D eigenvalue weighted by molar-refractivity contribution is 6.04. The van der Waals surface area contributed by atoms with Crippen molar-refractivity contribution < 1.29 is 19.4 Å². The van der Waals surface area contributed by atoms with Gasteiger partial charge in [0.15, 0.2) is 0 Å². The summed E-state index contributed by atoms with van der Waals surface area (Å²) in [7, 11) is 0. The Morgan fingerprint density at radius 3 is 2.73 bits per heavy atom. The van der Waals surface area contributed by atoms with Gasteiger partial charge in [0.05, 0.1) is 24.0 Å². The predicted molar refractivity (Wildman–Crippen MR) is 95.0 cm³/mol. The number of nitrogens with one attached hydrogen (secondary N) is 1. The highest BCUT2D eigenvalue weighted by Gasteiger charge is 2.45. The van der Waals surface area contributed by atoms with Gasteiger partial charge in [-0.15, -0.1) is 0 Å². The van der Waals surface area contributed by atoms with E-state index in [0.29, 0.717) is 12.1 Å². The van der Waals surface area contributed by atoms with Crippen molar-refractivity contribution in [2.24, 2.45) is 11.0 Å². The zero-order valence-corrected chi connectivity index (χ0v) is 14.9. The van der Waals surface area contributed by atoms with Crippen LogP contribution in [0.25, 0.3) is 0 Å². The number of hydrogen-bond donors (Lipinski definition) is 2. The van der Waals surface area contributed by atoms with E-state index in [9.17, 15) is 14.7 Å². The summed E-state index contributed by atoms with van der Waals surface area (Å²) in [5, 5.41) is 23.3. The Labute approximate surface area is 152 Å². The number of benzene rings is 1. The van der Waals surface area contributed by atoms with E-state index in [-0.39, 0.29) is 25.4 Å². The molecule has 138 valence electrons. The lowest BCUT2D eigenvalue weighted by molar-refractivity contribution is -0.147. The maximum Gasteiger partial charge on any atom is 0.315 e. The fourth-order valence-corrected chi connectivity index (χ4v) is 3.29. The van der Waals surface area contributed by atoms with Gasteiger partial charge in [0.25, 0.3) is 5.91 Å². The van der Waals surface area contributed by atoms with Crippen molar-refractivity contribution in [3.8, 4) is 6.07 Å². The topological polar surface area (TPSA) is 112 Å². The van der Waals surface area contributed by atoms with Crippen molar-refractivity contribution in [3.63, 3.8) is 0 Å². The molecule has 1 fully saturated rings. The third kappa shape index (κ3) is 4.90. The van der Waals surface area contributed by atoms with Crippen LogP contribution in [0, 0.1) is 17.2 Å². The number of ether oxygens (including phenoxy) is 1. The third-order valence-corrected chi connectivity index (χ3v) is 4.32. The number of carbonyl (C=O) groups excluding carboxylic acids is 2. The molecule has 0 aromatic heterocycles. The number of esters is 1. The van der Waals surface area contributed by atoms with E-state index >= 15 is 0 Å². The summed E-state index contributed by atoms with van der Waals surface area (Å²) < 4.78 is 5.22. The standard InChI is InChI=1S/C19H23N3O4/c1-3-26-18(24)17-14(13-7-5-4-6-8-13)11-19(2,25)12-15(17)21-22-16(23)9-10-20/h4-8,14,17,25H,3,9,11-12H2,1-2H3,(H,22,23)/b21-15-/t14-,17-,19-/m1/s1. The Kier molecular flexibility index (Phi) is 6.47. The Bertz CT molecular complexity index is 722. The number of hydrogen-bond acceptors (Lipinski definition) is 6. The van der Waals surface area contributed by atoms with E-state index in [2.05, 4.69) is 10.5 Å². The molecule has 0 unspecified atom stereocenters. The maximum absolute atomic E-state index is 12.6. The van der Waals surface area contributed by atoms with Crippen molar-refractivity contribution in [1.82, 2.24) is 5.43 Å². The summed E-state index contributed by atoms with van der Waals surface area (Å²) in [6.45, 7) is 3.62. The van der Waals surface area contributed by atoms with Crippen LogP contribution in [-0.2, 0) is 14.3 Å². The molecule has 1 saturated carbocycles. The van der Waals surface area contributed by atoms with Crippen LogP contribution in [0.15, 0.2) is 35.4 Å². The molecule has 0 heterocycles. The van der Waals surface area contributed by atoms with Gasteiger partial charge < -0.3 is 9.84 Å². The average Bonchev–Trinajstić information content (AvgIpc) is 2.60. The lowest BCUT2D eigenvalue weighted by atomic mass is 9.68. The third-order valence-electron chi connectivity index (χ3n) is 4.32. The van der Waals surface area contributed by atoms with Crippen molar-refractivity contribution in [1.29, 1.82) is 5.26 Å². The average molecular weight is 357 g/mol. The number of aliphatic hydroxyl groups is 1. The molecule has 0 saturated heterocycles. The molecule has 2 rings (SSSR count).